The predicted molar refractivity (Wildman–Crippen MR) is 54.7 cm³/mol. The summed E-state index contributed by atoms with van der Waals surface area (Å²) >= 11 is 5.62. The Labute approximate surface area is 89.6 Å². The molecule has 1 fully saturated rings. The van der Waals surface area contributed by atoms with Gasteiger partial charge in [0.25, 0.3) is 0 Å². The maximum Gasteiger partial charge on any atom is 0.223 e. The highest BCUT2D eigenvalue weighted by Crippen LogP contribution is 2.14. The van der Waals surface area contributed by atoms with Crippen molar-refractivity contribution < 1.29 is 4.21 Å². The van der Waals surface area contributed by atoms with Gasteiger partial charge in [0.1, 0.15) is 5.03 Å². The minimum absolute atomic E-state index is 0.154. The lowest BCUT2D eigenvalue weighted by Crippen LogP contribution is -2.19. The molecule has 0 radical (unpaired) electrons. The average molecular weight is 232 g/mol. The van der Waals surface area contributed by atoms with Crippen molar-refractivity contribution in [3.05, 3.63) is 17.5 Å². The molecule has 2 rings (SSSR count). The molecule has 76 valence electrons. The predicted octanol–water partition coefficient (Wildman–Crippen LogP) is 0.599. The number of halogens is 1. The van der Waals surface area contributed by atoms with Gasteiger partial charge in [-0.2, -0.15) is 0 Å². The van der Waals surface area contributed by atoms with Crippen LogP contribution in [-0.2, 0) is 10.8 Å². The van der Waals surface area contributed by atoms with Crippen LogP contribution in [0, 0.1) is 0 Å². The molecule has 14 heavy (non-hydrogen) atoms. The van der Waals surface area contributed by atoms with Gasteiger partial charge in [-0.3, -0.25) is 4.21 Å². The molecule has 2 atom stereocenters. The quantitative estimate of drug-likeness (QED) is 0.598. The van der Waals surface area contributed by atoms with E-state index in [-0.39, 0.29) is 10.5 Å². The summed E-state index contributed by atoms with van der Waals surface area (Å²) in [5.74, 6) is 0. The van der Waals surface area contributed by atoms with E-state index in [0.29, 0.717) is 5.03 Å². The zero-order chi connectivity index (χ0) is 9.97. The van der Waals surface area contributed by atoms with Crippen LogP contribution in [0.25, 0.3) is 0 Å². The van der Waals surface area contributed by atoms with Crippen LogP contribution in [0.2, 0.25) is 5.28 Å². The van der Waals surface area contributed by atoms with Gasteiger partial charge in [-0.25, -0.2) is 9.97 Å². The molecule has 1 N–H and O–H groups in total. The molecule has 1 aliphatic rings. The second kappa shape index (κ2) is 4.33. The van der Waals surface area contributed by atoms with E-state index in [1.807, 2.05) is 0 Å². The largest absolute Gasteiger partial charge is 0.315 e. The second-order valence-electron chi connectivity index (χ2n) is 3.08. The normalized spacial score (nSPS) is 23.6. The molecule has 0 aliphatic carbocycles. The van der Waals surface area contributed by atoms with E-state index in [0.717, 1.165) is 19.5 Å². The van der Waals surface area contributed by atoms with Gasteiger partial charge in [-0.05, 0) is 30.6 Å². The second-order valence-corrected chi connectivity index (χ2v) is 5.09. The van der Waals surface area contributed by atoms with E-state index >= 15 is 0 Å². The Bertz CT molecular complexity index is 354. The van der Waals surface area contributed by atoms with Gasteiger partial charge >= 0.3 is 0 Å². The minimum atomic E-state index is -1.07. The molecule has 4 nitrogen and oxygen atoms in total. The van der Waals surface area contributed by atoms with Crippen LogP contribution in [0.15, 0.2) is 17.3 Å². The fourth-order valence-corrected chi connectivity index (χ4v) is 2.92. The van der Waals surface area contributed by atoms with Crippen LogP contribution in [0.3, 0.4) is 0 Å². The van der Waals surface area contributed by atoms with Gasteiger partial charge < -0.3 is 5.32 Å². The molecular weight excluding hydrogens is 222 g/mol. The summed E-state index contributed by atoms with van der Waals surface area (Å²) in [6, 6.07) is 1.65. The molecular formula is C8H10ClN3OS. The zero-order valence-electron chi connectivity index (χ0n) is 7.44. The van der Waals surface area contributed by atoms with E-state index in [9.17, 15) is 4.21 Å². The number of nitrogens with zero attached hydrogens (tertiary/aromatic N) is 2. The van der Waals surface area contributed by atoms with Gasteiger partial charge in [0.05, 0.1) is 16.0 Å². The number of aromatic nitrogens is 2. The number of hydrogen-bond donors (Lipinski definition) is 1. The van der Waals surface area contributed by atoms with Crippen molar-refractivity contribution >= 4 is 22.4 Å². The van der Waals surface area contributed by atoms with Crippen LogP contribution >= 0.6 is 11.6 Å². The highest BCUT2D eigenvalue weighted by atomic mass is 35.5. The van der Waals surface area contributed by atoms with E-state index in [4.69, 9.17) is 11.6 Å². The van der Waals surface area contributed by atoms with E-state index in [2.05, 4.69) is 15.3 Å². The van der Waals surface area contributed by atoms with Gasteiger partial charge in [0.15, 0.2) is 0 Å². The summed E-state index contributed by atoms with van der Waals surface area (Å²) < 4.78 is 11.9. The van der Waals surface area contributed by atoms with Gasteiger partial charge in [0, 0.05) is 12.7 Å². The Kier molecular flexibility index (Phi) is 3.10. The van der Waals surface area contributed by atoms with Crippen LogP contribution in [0.5, 0.6) is 0 Å². The first-order valence-electron chi connectivity index (χ1n) is 4.37. The lowest BCUT2D eigenvalue weighted by Gasteiger charge is -2.06. The zero-order valence-corrected chi connectivity index (χ0v) is 9.01. The van der Waals surface area contributed by atoms with Crippen molar-refractivity contribution in [2.45, 2.75) is 16.7 Å². The van der Waals surface area contributed by atoms with Crippen LogP contribution in [0.1, 0.15) is 6.42 Å². The molecule has 1 aromatic heterocycles. The molecule has 0 bridgehead atoms. The standard InChI is InChI=1S/C8H10ClN3OS/c9-8-11-4-2-7(12-8)14(13)6-1-3-10-5-6/h2,4,6,10H,1,3,5H2/t6-,14+/m0/s1. The summed E-state index contributed by atoms with van der Waals surface area (Å²) in [6.45, 7) is 1.71. The number of rotatable bonds is 2. The average Bonchev–Trinajstić information content (AvgIpc) is 2.69. The molecule has 1 saturated heterocycles. The lowest BCUT2D eigenvalue weighted by atomic mass is 10.4. The van der Waals surface area contributed by atoms with Crippen LogP contribution in [-0.4, -0.2) is 32.5 Å². The molecule has 2 heterocycles. The molecule has 0 unspecified atom stereocenters. The van der Waals surface area contributed by atoms with Crippen molar-refractivity contribution in [1.29, 1.82) is 0 Å². The van der Waals surface area contributed by atoms with E-state index in [1.165, 1.54) is 6.20 Å². The summed E-state index contributed by atoms with van der Waals surface area (Å²) in [6.07, 6.45) is 2.46. The Hall–Kier alpha value is -0.520. The van der Waals surface area contributed by atoms with Crippen molar-refractivity contribution in [1.82, 2.24) is 15.3 Å². The molecule has 1 aromatic rings. The first-order chi connectivity index (χ1) is 6.77. The molecule has 0 amide bonds. The summed E-state index contributed by atoms with van der Waals surface area (Å²) in [7, 11) is -1.07. The van der Waals surface area contributed by atoms with E-state index in [1.54, 1.807) is 6.07 Å². The number of hydrogen-bond acceptors (Lipinski definition) is 4. The Morgan fingerprint density at radius 2 is 2.50 bits per heavy atom. The highest BCUT2D eigenvalue weighted by Gasteiger charge is 2.23. The first-order valence-corrected chi connectivity index (χ1v) is 5.96. The van der Waals surface area contributed by atoms with Crippen LogP contribution in [0.4, 0.5) is 0 Å². The van der Waals surface area contributed by atoms with Crippen LogP contribution < -0.4 is 5.32 Å². The lowest BCUT2D eigenvalue weighted by molar-refractivity contribution is 0.669. The fourth-order valence-electron chi connectivity index (χ4n) is 1.41. The van der Waals surface area contributed by atoms with E-state index < -0.39 is 10.8 Å². The highest BCUT2D eigenvalue weighted by molar-refractivity contribution is 7.85. The third-order valence-electron chi connectivity index (χ3n) is 2.12. The summed E-state index contributed by atoms with van der Waals surface area (Å²) in [4.78, 5) is 7.70. The monoisotopic (exact) mass is 231 g/mol. The molecule has 0 aromatic carbocycles. The molecule has 0 spiro atoms. The summed E-state index contributed by atoms with van der Waals surface area (Å²) in [5, 5.41) is 4.00. The van der Waals surface area contributed by atoms with Crippen molar-refractivity contribution in [3.63, 3.8) is 0 Å². The van der Waals surface area contributed by atoms with Crippen molar-refractivity contribution in [3.8, 4) is 0 Å². The minimum Gasteiger partial charge on any atom is -0.315 e. The third-order valence-corrected chi connectivity index (χ3v) is 3.95. The maximum absolute atomic E-state index is 11.9. The van der Waals surface area contributed by atoms with Crippen molar-refractivity contribution in [2.75, 3.05) is 13.1 Å². The number of nitrogens with one attached hydrogen (secondary N) is 1. The SMILES string of the molecule is O=[S@@](c1ccnc(Cl)n1)[C@H]1CCNC1. The first kappa shape index (κ1) is 10.0. The van der Waals surface area contributed by atoms with Gasteiger partial charge in [-0.1, -0.05) is 0 Å². The Balaban J connectivity index is 2.17. The molecule has 6 heteroatoms. The van der Waals surface area contributed by atoms with Gasteiger partial charge in [-0.15, -0.1) is 0 Å². The third kappa shape index (κ3) is 2.10. The Morgan fingerprint density at radius 1 is 1.64 bits per heavy atom. The summed E-state index contributed by atoms with van der Waals surface area (Å²) in [5.41, 5.74) is 0. The molecule has 0 saturated carbocycles. The fraction of sp³-hybridized carbons (Fsp3) is 0.500. The van der Waals surface area contributed by atoms with Gasteiger partial charge in [0.2, 0.25) is 5.28 Å². The van der Waals surface area contributed by atoms with Crippen molar-refractivity contribution in [2.24, 2.45) is 0 Å². The Morgan fingerprint density at radius 3 is 3.14 bits per heavy atom. The maximum atomic E-state index is 11.9. The molecule has 1 aliphatic heterocycles. The topological polar surface area (TPSA) is 54.9 Å². The smallest absolute Gasteiger partial charge is 0.223 e.